The van der Waals surface area contributed by atoms with E-state index in [2.05, 4.69) is 34.5 Å². The number of nitrogens with one attached hydrogen (secondary N) is 1. The smallest absolute Gasteiger partial charge is 0.137 e. The van der Waals surface area contributed by atoms with Crippen LogP contribution in [0.2, 0.25) is 5.02 Å². The molecule has 1 N–H and O–H groups in total. The van der Waals surface area contributed by atoms with Crippen molar-refractivity contribution in [3.63, 3.8) is 0 Å². The zero-order chi connectivity index (χ0) is 18.0. The molecule has 26 heavy (non-hydrogen) atoms. The van der Waals surface area contributed by atoms with Gasteiger partial charge in [0.1, 0.15) is 29.0 Å². The van der Waals surface area contributed by atoms with E-state index < -0.39 is 0 Å². The molecule has 0 bridgehead atoms. The molecule has 2 heterocycles. The summed E-state index contributed by atoms with van der Waals surface area (Å²) in [5.74, 6) is 2.65. The van der Waals surface area contributed by atoms with Crippen molar-refractivity contribution >= 4 is 23.4 Å². The second-order valence-corrected chi connectivity index (χ2v) is 8.06. The minimum Gasteiger partial charge on any atom is -0.457 e. The van der Waals surface area contributed by atoms with Gasteiger partial charge in [-0.05, 0) is 54.4 Å². The van der Waals surface area contributed by atoms with Crippen LogP contribution in [0.3, 0.4) is 0 Å². The highest BCUT2D eigenvalue weighted by Crippen LogP contribution is 2.41. The Hall–Kier alpha value is -2.02. The first-order valence-corrected chi connectivity index (χ1v) is 9.77. The van der Waals surface area contributed by atoms with Gasteiger partial charge in [0.05, 0.1) is 6.54 Å². The second-order valence-electron chi connectivity index (χ2n) is 6.23. The normalized spacial score (nSPS) is 19.6. The van der Waals surface area contributed by atoms with Crippen LogP contribution in [0.4, 0.5) is 0 Å². The lowest BCUT2D eigenvalue weighted by Gasteiger charge is -2.30. The maximum absolute atomic E-state index is 5.96. The summed E-state index contributed by atoms with van der Waals surface area (Å²) in [4.78, 5) is 3.87. The summed E-state index contributed by atoms with van der Waals surface area (Å²) in [5, 5.41) is 8.63. The molecule has 1 atom stereocenters. The van der Waals surface area contributed by atoms with Crippen LogP contribution >= 0.6 is 23.4 Å². The van der Waals surface area contributed by atoms with E-state index in [0.717, 1.165) is 30.3 Å². The molecule has 1 aliphatic heterocycles. The summed E-state index contributed by atoms with van der Waals surface area (Å²) in [6, 6.07) is 13.6. The van der Waals surface area contributed by atoms with Crippen LogP contribution < -0.4 is 10.1 Å². The van der Waals surface area contributed by atoms with Crippen LogP contribution in [0, 0.1) is 6.92 Å². The molecule has 0 spiro atoms. The maximum atomic E-state index is 5.96. The fraction of sp³-hybridized carbons (Fsp3) is 0.263. The third kappa shape index (κ3) is 3.58. The number of aromatic nitrogens is 3. The number of hydrogen-bond acceptors (Lipinski definition) is 5. The summed E-state index contributed by atoms with van der Waals surface area (Å²) in [5.41, 5.74) is 2.43. The molecule has 1 unspecified atom stereocenters. The minimum atomic E-state index is -0.198. The van der Waals surface area contributed by atoms with E-state index in [-0.39, 0.29) is 4.87 Å². The highest BCUT2D eigenvalue weighted by molar-refractivity contribution is 8.00. The number of halogens is 1. The molecule has 1 aromatic heterocycles. The molecule has 0 saturated carbocycles. The molecule has 5 nitrogen and oxygen atoms in total. The average molecular weight is 387 g/mol. The van der Waals surface area contributed by atoms with Crippen molar-refractivity contribution in [3.8, 4) is 11.5 Å². The van der Waals surface area contributed by atoms with Crippen LogP contribution in [0.5, 0.6) is 11.5 Å². The quantitative estimate of drug-likeness (QED) is 0.711. The third-order valence-electron chi connectivity index (χ3n) is 4.39. The number of nitrogens with zero attached hydrogens (tertiary/aromatic N) is 3. The first-order valence-electron chi connectivity index (χ1n) is 8.41. The number of rotatable bonds is 5. The molecule has 1 fully saturated rings. The molecule has 3 aromatic rings. The lowest BCUT2D eigenvalue weighted by Crippen LogP contribution is -2.39. The van der Waals surface area contributed by atoms with Gasteiger partial charge in [0.2, 0.25) is 0 Å². The number of benzene rings is 2. The van der Waals surface area contributed by atoms with Crippen molar-refractivity contribution in [2.24, 2.45) is 0 Å². The molecule has 2 aromatic carbocycles. The first kappa shape index (κ1) is 17.4. The molecular weight excluding hydrogens is 368 g/mol. The van der Waals surface area contributed by atoms with E-state index in [9.17, 15) is 0 Å². The van der Waals surface area contributed by atoms with E-state index in [1.54, 1.807) is 12.7 Å². The number of hydrogen-bond donors (Lipinski definition) is 1. The van der Waals surface area contributed by atoms with Crippen molar-refractivity contribution in [1.29, 1.82) is 0 Å². The molecule has 0 radical (unpaired) electrons. The van der Waals surface area contributed by atoms with Gasteiger partial charge in [-0.15, -0.1) is 11.8 Å². The van der Waals surface area contributed by atoms with E-state index >= 15 is 0 Å². The zero-order valence-electron chi connectivity index (χ0n) is 14.4. The van der Waals surface area contributed by atoms with Crippen molar-refractivity contribution in [1.82, 2.24) is 20.1 Å². The molecule has 0 amide bonds. The summed E-state index contributed by atoms with van der Waals surface area (Å²) in [6.45, 7) is 3.82. The van der Waals surface area contributed by atoms with E-state index in [1.807, 2.05) is 46.8 Å². The van der Waals surface area contributed by atoms with Crippen LogP contribution in [0.15, 0.2) is 55.1 Å². The highest BCUT2D eigenvalue weighted by Gasteiger charge is 2.38. The third-order valence-corrected chi connectivity index (χ3v) is 6.04. The maximum Gasteiger partial charge on any atom is 0.137 e. The first-order chi connectivity index (χ1) is 12.6. The lowest BCUT2D eigenvalue weighted by molar-refractivity contribution is 0.419. The van der Waals surface area contributed by atoms with Gasteiger partial charge in [0.25, 0.3) is 0 Å². The van der Waals surface area contributed by atoms with Gasteiger partial charge in [-0.1, -0.05) is 17.7 Å². The van der Waals surface area contributed by atoms with Gasteiger partial charge in [-0.25, -0.2) is 9.67 Å². The molecule has 4 rings (SSSR count). The Bertz CT molecular complexity index is 877. The highest BCUT2D eigenvalue weighted by atomic mass is 35.5. The minimum absolute atomic E-state index is 0.198. The Morgan fingerprint density at radius 1 is 1.23 bits per heavy atom. The van der Waals surface area contributed by atoms with Crippen LogP contribution in [0.1, 0.15) is 11.1 Å². The van der Waals surface area contributed by atoms with Crippen LogP contribution in [-0.2, 0) is 11.4 Å². The molecule has 1 saturated heterocycles. The predicted molar refractivity (Wildman–Crippen MR) is 105 cm³/mol. The van der Waals surface area contributed by atoms with Crippen molar-refractivity contribution in [2.75, 3.05) is 12.3 Å². The van der Waals surface area contributed by atoms with Crippen LogP contribution in [-0.4, -0.2) is 27.1 Å². The Kier molecular flexibility index (Phi) is 4.89. The summed E-state index contributed by atoms with van der Waals surface area (Å²) >= 11 is 7.84. The Labute approximate surface area is 161 Å². The predicted octanol–water partition coefficient (Wildman–Crippen LogP) is 4.22. The van der Waals surface area contributed by atoms with Gasteiger partial charge in [-0.2, -0.15) is 5.10 Å². The van der Waals surface area contributed by atoms with E-state index in [4.69, 9.17) is 16.3 Å². The lowest BCUT2D eigenvalue weighted by atomic mass is 10.00. The van der Waals surface area contributed by atoms with Gasteiger partial charge in [0.15, 0.2) is 0 Å². The molecule has 134 valence electrons. The van der Waals surface area contributed by atoms with Crippen molar-refractivity contribution < 1.29 is 4.74 Å². The van der Waals surface area contributed by atoms with Gasteiger partial charge in [-0.3, -0.25) is 5.32 Å². The zero-order valence-corrected chi connectivity index (χ0v) is 15.9. The summed E-state index contributed by atoms with van der Waals surface area (Å²) < 4.78 is 7.84. The fourth-order valence-corrected chi connectivity index (χ4v) is 4.71. The fourth-order valence-electron chi connectivity index (χ4n) is 3.22. The number of ether oxygens (including phenoxy) is 1. The monoisotopic (exact) mass is 386 g/mol. The molecule has 0 aliphatic carbocycles. The number of thioether (sulfide) groups is 1. The average Bonchev–Trinajstić information content (AvgIpc) is 3.30. The van der Waals surface area contributed by atoms with E-state index in [0.29, 0.717) is 5.02 Å². The Morgan fingerprint density at radius 3 is 2.69 bits per heavy atom. The van der Waals surface area contributed by atoms with Crippen LogP contribution in [0.25, 0.3) is 0 Å². The Balaban J connectivity index is 1.60. The molecule has 7 heteroatoms. The standard InChI is InChI=1S/C19H19ClN4OS/c1-14-10-17(25-16-4-2-15(20)3-5-16)6-7-18(14)19(22-8-9-26-19)11-24-13-21-12-23-24/h2-7,10,12-13,22H,8-9,11H2,1H3. The molecule has 1 aliphatic rings. The van der Waals surface area contributed by atoms with Crippen molar-refractivity contribution in [3.05, 3.63) is 71.3 Å². The second kappa shape index (κ2) is 7.31. The molecular formula is C19H19ClN4OS. The van der Waals surface area contributed by atoms with Gasteiger partial charge >= 0.3 is 0 Å². The van der Waals surface area contributed by atoms with Gasteiger partial charge < -0.3 is 4.74 Å². The Morgan fingerprint density at radius 2 is 2.04 bits per heavy atom. The van der Waals surface area contributed by atoms with E-state index in [1.165, 1.54) is 11.1 Å². The topological polar surface area (TPSA) is 52.0 Å². The summed E-state index contributed by atoms with van der Waals surface area (Å²) in [7, 11) is 0. The van der Waals surface area contributed by atoms with Crippen molar-refractivity contribution in [2.45, 2.75) is 18.3 Å². The number of aryl methyl sites for hydroxylation is 1. The largest absolute Gasteiger partial charge is 0.457 e. The SMILES string of the molecule is Cc1cc(Oc2ccc(Cl)cc2)ccc1C1(Cn2cncn2)NCCS1. The summed E-state index contributed by atoms with van der Waals surface area (Å²) in [6.07, 6.45) is 3.33. The van der Waals surface area contributed by atoms with Gasteiger partial charge in [0, 0.05) is 17.3 Å².